The van der Waals surface area contributed by atoms with Gasteiger partial charge >= 0.3 is 12.3 Å². The van der Waals surface area contributed by atoms with Crippen LogP contribution in [-0.2, 0) is 4.79 Å². The maximum atomic E-state index is 12.8. The molecule has 1 atom stereocenters. The van der Waals surface area contributed by atoms with Crippen LogP contribution in [0.5, 0.6) is 17.2 Å². The van der Waals surface area contributed by atoms with Crippen molar-refractivity contribution in [1.29, 1.82) is 0 Å². The molecule has 0 fully saturated rings. The smallest absolute Gasteiger partial charge is 0.378 e. The molecular weight excluding hydrogens is 219 g/mol. The summed E-state index contributed by atoms with van der Waals surface area (Å²) in [4.78, 5) is 10.3. The number of carboxylic acids is 1. The lowest BCUT2D eigenvalue weighted by Gasteiger charge is -2.10. The first-order valence-electron chi connectivity index (χ1n) is 4.33. The Labute approximate surface area is 91.4 Å². The fraction of sp³-hybridized carbons (Fsp3) is 0.300. The molecule has 0 aliphatic rings. The molecule has 0 aromatic heterocycles. The van der Waals surface area contributed by atoms with Crippen molar-refractivity contribution in [2.24, 2.45) is 0 Å². The molecule has 1 aromatic carbocycles. The summed E-state index contributed by atoms with van der Waals surface area (Å²) in [6, 6.07) is 4.27. The summed E-state index contributed by atoms with van der Waals surface area (Å²) in [6.07, 6.45) is -2.42. The third kappa shape index (κ3) is 3.01. The number of benzene rings is 1. The van der Waals surface area contributed by atoms with Crippen LogP contribution < -0.4 is 14.2 Å². The van der Waals surface area contributed by atoms with E-state index in [1.807, 2.05) is 0 Å². The largest absolute Gasteiger partial charge is 0.496 e. The maximum absolute atomic E-state index is 12.8. The lowest BCUT2D eigenvalue weighted by atomic mass is 10.3. The Morgan fingerprint density at radius 1 is 1.19 bits per heavy atom. The van der Waals surface area contributed by atoms with E-state index >= 15 is 0 Å². The first kappa shape index (κ1) is 12.1. The van der Waals surface area contributed by atoms with Gasteiger partial charge in [0, 0.05) is 18.2 Å². The van der Waals surface area contributed by atoms with Crippen molar-refractivity contribution in [2.45, 2.75) is 6.36 Å². The van der Waals surface area contributed by atoms with Gasteiger partial charge in [0.15, 0.2) is 0 Å². The number of hydrogen-bond donors (Lipinski definition) is 1. The Hall–Kier alpha value is -1.98. The molecule has 1 rings (SSSR count). The molecule has 0 amide bonds. The summed E-state index contributed by atoms with van der Waals surface area (Å²) in [6.45, 7) is 0. The van der Waals surface area contributed by atoms with E-state index in [0.717, 1.165) is 0 Å². The number of aliphatic carboxylic acids is 1. The zero-order chi connectivity index (χ0) is 12.1. The van der Waals surface area contributed by atoms with E-state index in [-0.39, 0.29) is 5.75 Å². The summed E-state index contributed by atoms with van der Waals surface area (Å²) < 4.78 is 27.1. The number of alkyl halides is 1. The van der Waals surface area contributed by atoms with Crippen LogP contribution in [0.25, 0.3) is 0 Å². The Kier molecular flexibility index (Phi) is 3.93. The Bertz CT molecular complexity index is 357. The monoisotopic (exact) mass is 230 g/mol. The third-order valence-corrected chi connectivity index (χ3v) is 1.76. The molecule has 1 aromatic rings. The molecule has 5 nitrogen and oxygen atoms in total. The standard InChI is InChI=1S/C10H11FO5/c1-14-6-3-7(15-2)5-8(4-6)16-9(11)10(12)13/h3-5,9H,1-2H3,(H,12,13). The normalized spacial score (nSPS) is 11.7. The van der Waals surface area contributed by atoms with Crippen LogP contribution in [0.3, 0.4) is 0 Å². The van der Waals surface area contributed by atoms with Crippen LogP contribution in [0.2, 0.25) is 0 Å². The average Bonchev–Trinajstić information content (AvgIpc) is 2.28. The Morgan fingerprint density at radius 3 is 2.00 bits per heavy atom. The van der Waals surface area contributed by atoms with Gasteiger partial charge < -0.3 is 19.3 Å². The van der Waals surface area contributed by atoms with Gasteiger partial charge in [-0.25, -0.2) is 4.79 Å². The van der Waals surface area contributed by atoms with Crippen LogP contribution in [-0.4, -0.2) is 31.7 Å². The molecule has 0 heterocycles. The van der Waals surface area contributed by atoms with Gasteiger partial charge in [-0.15, -0.1) is 0 Å². The second-order valence-electron chi connectivity index (χ2n) is 2.82. The van der Waals surface area contributed by atoms with Crippen LogP contribution in [0.15, 0.2) is 18.2 Å². The van der Waals surface area contributed by atoms with Crippen molar-refractivity contribution in [3.05, 3.63) is 18.2 Å². The van der Waals surface area contributed by atoms with Gasteiger partial charge in [-0.1, -0.05) is 0 Å². The van der Waals surface area contributed by atoms with Crippen LogP contribution in [0.1, 0.15) is 0 Å². The molecule has 16 heavy (non-hydrogen) atoms. The minimum absolute atomic E-state index is 0.0195. The maximum Gasteiger partial charge on any atom is 0.378 e. The van der Waals surface area contributed by atoms with Gasteiger partial charge in [0.25, 0.3) is 0 Å². The number of methoxy groups -OCH3 is 2. The van der Waals surface area contributed by atoms with Gasteiger partial charge in [-0.3, -0.25) is 0 Å². The van der Waals surface area contributed by atoms with E-state index < -0.39 is 12.3 Å². The molecule has 6 heteroatoms. The van der Waals surface area contributed by atoms with Gasteiger partial charge in [-0.2, -0.15) is 4.39 Å². The molecule has 0 bridgehead atoms. The van der Waals surface area contributed by atoms with Crippen molar-refractivity contribution in [2.75, 3.05) is 14.2 Å². The number of hydrogen-bond acceptors (Lipinski definition) is 4. The molecule has 0 aliphatic heterocycles. The highest BCUT2D eigenvalue weighted by Gasteiger charge is 2.18. The zero-order valence-electron chi connectivity index (χ0n) is 8.77. The summed E-state index contributed by atoms with van der Waals surface area (Å²) in [5.41, 5.74) is 0. The molecule has 0 radical (unpaired) electrons. The Morgan fingerprint density at radius 2 is 1.62 bits per heavy atom. The SMILES string of the molecule is COc1cc(OC)cc(OC(F)C(=O)O)c1. The topological polar surface area (TPSA) is 65.0 Å². The molecule has 1 N–H and O–H groups in total. The van der Waals surface area contributed by atoms with Crippen LogP contribution in [0.4, 0.5) is 4.39 Å². The summed E-state index contributed by atoms with van der Waals surface area (Å²) in [5, 5.41) is 8.33. The van der Waals surface area contributed by atoms with E-state index in [1.165, 1.54) is 26.4 Å². The second kappa shape index (κ2) is 5.20. The van der Waals surface area contributed by atoms with Crippen molar-refractivity contribution in [3.8, 4) is 17.2 Å². The predicted molar refractivity (Wildman–Crippen MR) is 52.7 cm³/mol. The van der Waals surface area contributed by atoms with Crippen molar-refractivity contribution < 1.29 is 28.5 Å². The lowest BCUT2D eigenvalue weighted by Crippen LogP contribution is -2.21. The second-order valence-corrected chi connectivity index (χ2v) is 2.82. The fourth-order valence-corrected chi connectivity index (χ4v) is 1.02. The summed E-state index contributed by atoms with van der Waals surface area (Å²) >= 11 is 0. The fourth-order valence-electron chi connectivity index (χ4n) is 1.02. The number of rotatable bonds is 5. The predicted octanol–water partition coefficient (Wildman–Crippen LogP) is 1.46. The first-order chi connectivity index (χ1) is 7.56. The minimum Gasteiger partial charge on any atom is -0.496 e. The van der Waals surface area contributed by atoms with Gasteiger partial charge in [-0.05, 0) is 0 Å². The molecule has 88 valence electrons. The average molecular weight is 230 g/mol. The van der Waals surface area contributed by atoms with Gasteiger partial charge in [0.2, 0.25) is 0 Å². The molecular formula is C10H11FO5. The van der Waals surface area contributed by atoms with Crippen LogP contribution in [0, 0.1) is 0 Å². The lowest BCUT2D eigenvalue weighted by molar-refractivity contribution is -0.153. The van der Waals surface area contributed by atoms with E-state index in [1.54, 1.807) is 6.07 Å². The van der Waals surface area contributed by atoms with E-state index in [2.05, 4.69) is 4.74 Å². The van der Waals surface area contributed by atoms with E-state index in [9.17, 15) is 9.18 Å². The van der Waals surface area contributed by atoms with E-state index in [0.29, 0.717) is 11.5 Å². The first-order valence-corrected chi connectivity index (χ1v) is 4.33. The molecule has 1 unspecified atom stereocenters. The molecule has 0 saturated heterocycles. The third-order valence-electron chi connectivity index (χ3n) is 1.76. The molecule has 0 aliphatic carbocycles. The van der Waals surface area contributed by atoms with Crippen molar-refractivity contribution >= 4 is 5.97 Å². The van der Waals surface area contributed by atoms with Crippen molar-refractivity contribution in [1.82, 2.24) is 0 Å². The number of halogens is 1. The molecule has 0 saturated carbocycles. The highest BCUT2D eigenvalue weighted by atomic mass is 19.1. The number of carbonyl (C=O) groups is 1. The van der Waals surface area contributed by atoms with Crippen molar-refractivity contribution in [3.63, 3.8) is 0 Å². The molecule has 0 spiro atoms. The van der Waals surface area contributed by atoms with Gasteiger partial charge in [0.05, 0.1) is 14.2 Å². The minimum atomic E-state index is -2.42. The number of ether oxygens (including phenoxy) is 3. The summed E-state index contributed by atoms with van der Waals surface area (Å²) in [5.74, 6) is -0.910. The number of carboxylic acid groups (broad SMARTS) is 1. The summed E-state index contributed by atoms with van der Waals surface area (Å²) in [7, 11) is 2.84. The highest BCUT2D eigenvalue weighted by molar-refractivity contribution is 5.71. The van der Waals surface area contributed by atoms with E-state index in [4.69, 9.17) is 14.6 Å². The van der Waals surface area contributed by atoms with Gasteiger partial charge in [0.1, 0.15) is 17.2 Å². The zero-order valence-corrected chi connectivity index (χ0v) is 8.77. The quantitative estimate of drug-likeness (QED) is 0.829. The Balaban J connectivity index is 2.90. The highest BCUT2D eigenvalue weighted by Crippen LogP contribution is 2.28. The van der Waals surface area contributed by atoms with Crippen LogP contribution >= 0.6 is 0 Å².